The van der Waals surface area contributed by atoms with Crippen LogP contribution in [0, 0.1) is 5.92 Å². The molecule has 55 heavy (non-hydrogen) atoms. The Labute approximate surface area is 321 Å². The van der Waals surface area contributed by atoms with Crippen LogP contribution in [0.15, 0.2) is 78.9 Å². The molecule has 10 nitrogen and oxygen atoms in total. The summed E-state index contributed by atoms with van der Waals surface area (Å²) >= 11 is 0. The Hall–Kier alpha value is -4.91. The van der Waals surface area contributed by atoms with Crippen LogP contribution in [0.3, 0.4) is 0 Å². The summed E-state index contributed by atoms with van der Waals surface area (Å²) in [6.07, 6.45) is 0.629. The van der Waals surface area contributed by atoms with Gasteiger partial charge in [0.25, 0.3) is 11.8 Å². The van der Waals surface area contributed by atoms with Gasteiger partial charge in [-0.3, -0.25) is 24.1 Å². The Bertz CT molecular complexity index is 2220. The quantitative estimate of drug-likeness (QED) is 0.0806. The maximum absolute atomic E-state index is 16.7. The summed E-state index contributed by atoms with van der Waals surface area (Å²) < 4.78 is 28.5. The van der Waals surface area contributed by atoms with E-state index < -0.39 is 37.6 Å². The van der Waals surface area contributed by atoms with E-state index in [-0.39, 0.29) is 49.7 Å². The van der Waals surface area contributed by atoms with E-state index >= 15 is 8.90 Å². The predicted molar refractivity (Wildman–Crippen MR) is 209 cm³/mol. The fraction of sp³-hybridized carbons (Fsp3) is 0.395. The van der Waals surface area contributed by atoms with Crippen LogP contribution in [0.1, 0.15) is 59.7 Å². The summed E-state index contributed by atoms with van der Waals surface area (Å²) in [7, 11) is -2.28. The molecule has 5 atom stereocenters. The van der Waals surface area contributed by atoms with E-state index in [4.69, 9.17) is 9.47 Å². The largest absolute Gasteiger partial charge is 0.469 e. The lowest BCUT2D eigenvalue weighted by atomic mass is 9.82. The molecule has 4 aromatic carbocycles. The summed E-state index contributed by atoms with van der Waals surface area (Å²) in [6, 6.07) is 24.3. The molecule has 0 aliphatic carbocycles. The molecule has 1 fully saturated rings. The van der Waals surface area contributed by atoms with Gasteiger partial charge in [0.2, 0.25) is 14.3 Å². The maximum atomic E-state index is 16.7. The molecule has 1 N–H and O–H groups in total. The average Bonchev–Trinajstić information content (AvgIpc) is 3.73. The van der Waals surface area contributed by atoms with Crippen molar-refractivity contribution in [3.63, 3.8) is 0 Å². The average molecular weight is 764 g/mol. The lowest BCUT2D eigenvalue weighted by Gasteiger charge is -2.37. The first-order valence-corrected chi connectivity index (χ1v) is 22.1. The van der Waals surface area contributed by atoms with Crippen molar-refractivity contribution in [1.29, 1.82) is 0 Å². The van der Waals surface area contributed by atoms with E-state index in [0.29, 0.717) is 48.3 Å². The Morgan fingerprint density at radius 1 is 0.982 bits per heavy atom. The zero-order valence-corrected chi connectivity index (χ0v) is 32.6. The summed E-state index contributed by atoms with van der Waals surface area (Å²) in [5.41, 5.74) is 2.71. The number of esters is 1. The predicted octanol–water partition coefficient (Wildman–Crippen LogP) is 6.93. The minimum Gasteiger partial charge on any atom is -0.469 e. The highest BCUT2D eigenvalue weighted by Gasteiger charge is 2.67. The Balaban J connectivity index is 1.18. The number of hydrogen-bond acceptors (Lipinski definition) is 7. The van der Waals surface area contributed by atoms with E-state index in [0.717, 1.165) is 27.6 Å². The molecule has 0 saturated carbocycles. The van der Waals surface area contributed by atoms with E-state index in [9.17, 15) is 19.5 Å². The fourth-order valence-electron chi connectivity index (χ4n) is 9.74. The highest BCUT2D eigenvalue weighted by atomic mass is 28.4. The second-order valence-electron chi connectivity index (χ2n) is 15.8. The molecule has 0 radical (unpaired) electrons. The number of aliphatic hydroxyl groups excluding tert-OH is 1. The smallest absolute Gasteiger partial charge is 0.305 e. The number of hydrogen-bond donors (Lipinski definition) is 1. The monoisotopic (exact) mass is 763 g/mol. The lowest BCUT2D eigenvalue weighted by Crippen LogP contribution is -2.48. The number of aliphatic hydroxyl groups is 1. The molecule has 4 heterocycles. The van der Waals surface area contributed by atoms with Crippen molar-refractivity contribution in [2.45, 2.75) is 82.0 Å². The van der Waals surface area contributed by atoms with E-state index in [1.807, 2.05) is 85.8 Å². The van der Waals surface area contributed by atoms with Crippen LogP contribution in [0.2, 0.25) is 18.6 Å². The van der Waals surface area contributed by atoms with Gasteiger partial charge in [0, 0.05) is 47.6 Å². The molecule has 1 spiro atoms. The van der Waals surface area contributed by atoms with Crippen LogP contribution in [-0.4, -0.2) is 74.5 Å². The number of nitrogens with zero attached hydrogens (tertiary/aromatic N) is 3. The molecule has 4 aliphatic heterocycles. The third kappa shape index (κ3) is 5.96. The normalized spacial score (nSPS) is 24.2. The zero-order valence-electron chi connectivity index (χ0n) is 31.6. The number of carbonyl (C=O) groups is 4. The number of fused-ring (bicyclic) bond motifs is 3. The molecule has 0 bridgehead atoms. The summed E-state index contributed by atoms with van der Waals surface area (Å²) in [4.78, 5) is 60.2. The van der Waals surface area contributed by atoms with Crippen LogP contribution < -0.4 is 9.80 Å². The molecule has 4 aliphatic rings. The first-order valence-electron chi connectivity index (χ1n) is 19.1. The molecule has 286 valence electrons. The standard InChI is InChI=1S/C43H46FN3O7Si/c1-26-40(55(3,4)44)36(23-37(49)46-24-29-12-6-5-11-28(29)21-31(46)25-48)54-43(26)33-22-30(18-19-34(33)45(42(43)52)20-8-7-17-38(50)53-2)47-35-16-10-14-27-13-9-15-32(39(27)35)41(47)51/h5-6,9-16,18-19,22,26,31,36,40,48H,7-8,17,20-21,23-25H2,1-4H3/t26-,31-,36+,40-,43+/m0/s1. The van der Waals surface area contributed by atoms with E-state index in [2.05, 4.69) is 0 Å². The van der Waals surface area contributed by atoms with Gasteiger partial charge in [-0.05, 0) is 79.2 Å². The summed E-state index contributed by atoms with van der Waals surface area (Å²) in [5, 5.41) is 12.1. The number of halogens is 1. The van der Waals surface area contributed by atoms with Crippen molar-refractivity contribution in [3.05, 3.63) is 101 Å². The fourth-order valence-corrected chi connectivity index (χ4v) is 12.2. The third-order valence-electron chi connectivity index (χ3n) is 12.3. The van der Waals surface area contributed by atoms with Gasteiger partial charge in [-0.2, -0.15) is 0 Å². The summed E-state index contributed by atoms with van der Waals surface area (Å²) in [6.45, 7) is 5.43. The molecular formula is C43H46FN3O7Si. The van der Waals surface area contributed by atoms with Crippen LogP contribution in [0.4, 0.5) is 21.2 Å². The Morgan fingerprint density at radius 3 is 2.45 bits per heavy atom. The zero-order chi connectivity index (χ0) is 38.8. The molecule has 1 saturated heterocycles. The number of methoxy groups -OCH3 is 1. The molecule has 12 heteroatoms. The lowest BCUT2D eigenvalue weighted by molar-refractivity contribution is -0.151. The minimum absolute atomic E-state index is 0.154. The number of ether oxygens (including phenoxy) is 2. The Morgan fingerprint density at radius 2 is 1.73 bits per heavy atom. The maximum Gasteiger partial charge on any atom is 0.305 e. The minimum atomic E-state index is -3.62. The van der Waals surface area contributed by atoms with E-state index in [1.165, 1.54) is 7.11 Å². The molecular weight excluding hydrogens is 718 g/mol. The molecule has 4 aromatic rings. The van der Waals surface area contributed by atoms with Gasteiger partial charge in [-0.25, -0.2) is 0 Å². The highest BCUT2D eigenvalue weighted by Crippen LogP contribution is 2.61. The first-order chi connectivity index (χ1) is 26.4. The number of carbonyl (C=O) groups excluding carboxylic acids is 4. The van der Waals surface area contributed by atoms with Crippen LogP contribution in [-0.2, 0) is 42.4 Å². The van der Waals surface area contributed by atoms with Crippen LogP contribution in [0.5, 0.6) is 0 Å². The highest BCUT2D eigenvalue weighted by molar-refractivity contribution is 6.72. The van der Waals surface area contributed by atoms with Crippen molar-refractivity contribution in [2.75, 3.05) is 30.1 Å². The molecule has 8 rings (SSSR count). The third-order valence-corrected chi connectivity index (χ3v) is 14.7. The second kappa shape index (κ2) is 14.0. The van der Waals surface area contributed by atoms with Gasteiger partial charge in [-0.1, -0.05) is 55.5 Å². The topological polar surface area (TPSA) is 117 Å². The number of rotatable bonds is 10. The molecule has 3 amide bonds. The van der Waals surface area contributed by atoms with Crippen molar-refractivity contribution in [1.82, 2.24) is 4.90 Å². The first kappa shape index (κ1) is 37.0. The second-order valence-corrected chi connectivity index (χ2v) is 19.6. The van der Waals surface area contributed by atoms with Gasteiger partial charge >= 0.3 is 5.97 Å². The van der Waals surface area contributed by atoms with Crippen molar-refractivity contribution >= 4 is 59.9 Å². The van der Waals surface area contributed by atoms with Gasteiger partial charge < -0.3 is 28.5 Å². The van der Waals surface area contributed by atoms with Crippen molar-refractivity contribution in [2.24, 2.45) is 5.92 Å². The van der Waals surface area contributed by atoms with Gasteiger partial charge in [0.15, 0.2) is 5.60 Å². The SMILES string of the molecule is COC(=O)CCCCN1C(=O)[C@]2(O[C@H](CC(=O)N3Cc4ccccc4C[C@H]3CO)[C@@H]([Si](C)(C)F)[C@@H]2C)c2cc(N3C(=O)c4cccc5cccc3c45)ccc21. The van der Waals surface area contributed by atoms with Gasteiger partial charge in [-0.15, -0.1) is 0 Å². The number of anilines is 3. The van der Waals surface area contributed by atoms with Gasteiger partial charge in [0.05, 0.1) is 49.2 Å². The Kier molecular flexibility index (Phi) is 9.42. The number of unbranched alkanes of at least 4 members (excludes halogenated alkanes) is 1. The van der Waals surface area contributed by atoms with Crippen LogP contribution in [0.25, 0.3) is 10.8 Å². The number of amides is 3. The molecule has 0 unspecified atom stereocenters. The van der Waals surface area contributed by atoms with Gasteiger partial charge in [0.1, 0.15) is 0 Å². The molecule has 0 aromatic heterocycles. The van der Waals surface area contributed by atoms with Crippen molar-refractivity contribution in [3.8, 4) is 0 Å². The van der Waals surface area contributed by atoms with E-state index in [1.54, 1.807) is 27.8 Å². The number of benzene rings is 4. The van der Waals surface area contributed by atoms with Crippen LogP contribution >= 0.6 is 0 Å². The van der Waals surface area contributed by atoms with Crippen molar-refractivity contribution < 1.29 is 37.9 Å². The summed E-state index contributed by atoms with van der Waals surface area (Å²) in [5.74, 6) is -1.80.